The number of unbranched alkanes of at least 4 members (excludes halogenated alkanes) is 2. The van der Waals surface area contributed by atoms with E-state index in [-0.39, 0.29) is 49.1 Å². The summed E-state index contributed by atoms with van der Waals surface area (Å²) in [6, 6.07) is -4.74. The highest BCUT2D eigenvalue weighted by atomic mass is 16.5. The van der Waals surface area contributed by atoms with Crippen LogP contribution in [0.5, 0.6) is 0 Å². The number of carbonyl (C=O) groups is 5. The highest BCUT2D eigenvalue weighted by Gasteiger charge is 2.39. The van der Waals surface area contributed by atoms with E-state index in [1.165, 1.54) is 0 Å². The van der Waals surface area contributed by atoms with Gasteiger partial charge in [0.1, 0.15) is 24.2 Å². The third-order valence-electron chi connectivity index (χ3n) is 10.8. The first-order chi connectivity index (χ1) is 24.4. The lowest BCUT2D eigenvalue weighted by molar-refractivity contribution is -0.145. The molecule has 14 nitrogen and oxygen atoms in total. The number of rotatable bonds is 13. The zero-order chi connectivity index (χ0) is 37.5. The Hall–Kier alpha value is -2.81. The van der Waals surface area contributed by atoms with Crippen LogP contribution in [0.25, 0.3) is 0 Å². The average molecular weight is 721 g/mol. The zero-order valence-corrected chi connectivity index (χ0v) is 31.9. The summed E-state index contributed by atoms with van der Waals surface area (Å²) in [7, 11) is 1.69. The summed E-state index contributed by atoms with van der Waals surface area (Å²) in [6.45, 7) is 8.78. The number of hydrogen-bond donors (Lipinski definition) is 6. The summed E-state index contributed by atoms with van der Waals surface area (Å²) < 4.78 is 5.99. The predicted molar refractivity (Wildman–Crippen MR) is 197 cm³/mol. The highest BCUT2D eigenvalue weighted by molar-refractivity contribution is 5.96. The predicted octanol–water partition coefficient (Wildman–Crippen LogP) is 1.29. The fourth-order valence-corrected chi connectivity index (χ4v) is 7.54. The number of likely N-dealkylation sites (N-methyl/N-ethyl adjacent to an activating group) is 1. The largest absolute Gasteiger partial charge is 0.375 e. The smallest absolute Gasteiger partial charge is 0.245 e. The first-order valence-electron chi connectivity index (χ1n) is 19.7. The van der Waals surface area contributed by atoms with Gasteiger partial charge in [0, 0.05) is 32.2 Å². The Morgan fingerprint density at radius 1 is 0.765 bits per heavy atom. The Morgan fingerprint density at radius 3 is 2.02 bits per heavy atom. The van der Waals surface area contributed by atoms with Crippen LogP contribution in [0.1, 0.15) is 118 Å². The molecule has 1 heterocycles. The molecule has 0 aromatic rings. The lowest BCUT2D eigenvalue weighted by atomic mass is 9.83. The molecule has 3 aliphatic rings. The highest BCUT2D eigenvalue weighted by Crippen LogP contribution is 2.27. The molecule has 51 heavy (non-hydrogen) atoms. The van der Waals surface area contributed by atoms with Gasteiger partial charge in [-0.05, 0) is 64.3 Å². The first kappa shape index (κ1) is 42.6. The van der Waals surface area contributed by atoms with Crippen LogP contribution in [-0.4, -0.2) is 121 Å². The van der Waals surface area contributed by atoms with E-state index in [1.54, 1.807) is 11.9 Å². The topological polar surface area (TPSA) is 201 Å². The van der Waals surface area contributed by atoms with Gasteiger partial charge in [-0.15, -0.1) is 0 Å². The summed E-state index contributed by atoms with van der Waals surface area (Å²) in [6.07, 6.45) is 10.8. The van der Waals surface area contributed by atoms with Gasteiger partial charge in [-0.2, -0.15) is 0 Å². The summed E-state index contributed by atoms with van der Waals surface area (Å²) in [4.78, 5) is 73.9. The molecular formula is C37H68N8O6. The van der Waals surface area contributed by atoms with Gasteiger partial charge in [0.2, 0.25) is 29.5 Å². The van der Waals surface area contributed by atoms with E-state index in [9.17, 15) is 24.0 Å². The Bertz CT molecular complexity index is 1130. The van der Waals surface area contributed by atoms with Crippen LogP contribution >= 0.6 is 0 Å². The Kier molecular flexibility index (Phi) is 18.1. The van der Waals surface area contributed by atoms with Crippen molar-refractivity contribution in [1.29, 1.82) is 0 Å². The van der Waals surface area contributed by atoms with Gasteiger partial charge in [-0.25, -0.2) is 0 Å². The number of ether oxygens (including phenoxy) is 1. The SMILES string of the molecule is CCCC[C@H]1C(=O)N(C)[C@@H](CCC)C(=O)N[C@@H](C2CCCCC2)C(=O)N[C@@H](CN)C(=O)N[C@@H](COC2CC(N)C2)C(=O)N[C@H](C)CN1CCCC. The number of carbonyl (C=O) groups excluding carboxylic acids is 5. The van der Waals surface area contributed by atoms with E-state index in [0.717, 1.165) is 57.8 Å². The van der Waals surface area contributed by atoms with Gasteiger partial charge in [0.25, 0.3) is 0 Å². The van der Waals surface area contributed by atoms with Crippen LogP contribution in [0.4, 0.5) is 0 Å². The van der Waals surface area contributed by atoms with E-state index in [4.69, 9.17) is 16.2 Å². The van der Waals surface area contributed by atoms with Crippen LogP contribution in [0.2, 0.25) is 0 Å². The molecule has 0 unspecified atom stereocenters. The molecule has 5 amide bonds. The van der Waals surface area contributed by atoms with Gasteiger partial charge in [0.15, 0.2) is 0 Å². The first-order valence-corrected chi connectivity index (χ1v) is 19.7. The molecule has 0 bridgehead atoms. The molecule has 1 saturated heterocycles. The van der Waals surface area contributed by atoms with Crippen molar-refractivity contribution in [3.63, 3.8) is 0 Å². The van der Waals surface area contributed by atoms with Crippen molar-refractivity contribution in [1.82, 2.24) is 31.1 Å². The van der Waals surface area contributed by atoms with Crippen LogP contribution in [0.3, 0.4) is 0 Å². The Labute approximate surface area is 305 Å². The van der Waals surface area contributed by atoms with Crippen molar-refractivity contribution in [2.45, 2.75) is 166 Å². The molecule has 0 aromatic heterocycles. The standard InChI is InChI=1S/C37H68N8O6/c1-6-9-17-31-37(50)44(5)30(14-8-3)35(48)43-32(25-15-12-11-13-16-25)36(49)41-28(21-38)33(46)42-29(23-51-27-19-26(39)20-27)34(47)40-24(4)22-45(31)18-10-7-2/h24-32H,6-23,38-39H2,1-5H3,(H,40,47)(H,41,49)(H,42,46)(H,43,48)/t24-,26?,27?,28+,29+,30+,31+,32+/m1/s1. The number of hydrogen-bond acceptors (Lipinski definition) is 9. The zero-order valence-electron chi connectivity index (χ0n) is 31.9. The summed E-state index contributed by atoms with van der Waals surface area (Å²) in [5.74, 6) is -2.21. The molecule has 3 rings (SSSR count). The van der Waals surface area contributed by atoms with Crippen molar-refractivity contribution in [2.24, 2.45) is 17.4 Å². The summed E-state index contributed by atoms with van der Waals surface area (Å²) >= 11 is 0. The van der Waals surface area contributed by atoms with Crippen molar-refractivity contribution < 1.29 is 28.7 Å². The van der Waals surface area contributed by atoms with E-state index < -0.39 is 47.9 Å². The van der Waals surface area contributed by atoms with Gasteiger partial charge in [-0.1, -0.05) is 65.7 Å². The molecule has 6 atom stereocenters. The van der Waals surface area contributed by atoms with Gasteiger partial charge >= 0.3 is 0 Å². The third-order valence-corrected chi connectivity index (χ3v) is 10.8. The Balaban J connectivity index is 2.04. The minimum atomic E-state index is -1.15. The minimum absolute atomic E-state index is 0.0481. The van der Waals surface area contributed by atoms with Crippen LogP contribution in [-0.2, 0) is 28.7 Å². The van der Waals surface area contributed by atoms with E-state index in [2.05, 4.69) is 40.0 Å². The lowest BCUT2D eigenvalue weighted by Gasteiger charge is -2.38. The fourth-order valence-electron chi connectivity index (χ4n) is 7.54. The van der Waals surface area contributed by atoms with Crippen molar-refractivity contribution >= 4 is 29.5 Å². The average Bonchev–Trinajstić information content (AvgIpc) is 3.10. The maximum Gasteiger partial charge on any atom is 0.245 e. The number of amides is 5. The molecule has 8 N–H and O–H groups in total. The van der Waals surface area contributed by atoms with Gasteiger partial charge < -0.3 is 42.4 Å². The normalized spacial score (nSPS) is 31.5. The molecule has 0 radical (unpaired) electrons. The second kappa shape index (κ2) is 21.7. The maximum atomic E-state index is 14.5. The molecular weight excluding hydrogens is 652 g/mol. The fraction of sp³-hybridized carbons (Fsp3) is 0.865. The molecule has 292 valence electrons. The maximum absolute atomic E-state index is 14.5. The van der Waals surface area contributed by atoms with E-state index in [0.29, 0.717) is 45.2 Å². The molecule has 0 aromatic carbocycles. The lowest BCUT2D eigenvalue weighted by Crippen LogP contribution is -2.63. The molecule has 2 aliphatic carbocycles. The molecule has 2 saturated carbocycles. The third kappa shape index (κ3) is 12.7. The monoisotopic (exact) mass is 721 g/mol. The van der Waals surface area contributed by atoms with Gasteiger partial charge in [0.05, 0.1) is 18.8 Å². The van der Waals surface area contributed by atoms with Crippen molar-refractivity contribution in [3.05, 3.63) is 0 Å². The second-order valence-electron chi connectivity index (χ2n) is 15.1. The van der Waals surface area contributed by atoms with Crippen LogP contribution in [0, 0.1) is 5.92 Å². The Morgan fingerprint density at radius 2 is 1.41 bits per heavy atom. The van der Waals surface area contributed by atoms with E-state index >= 15 is 0 Å². The summed E-state index contributed by atoms with van der Waals surface area (Å²) in [5.41, 5.74) is 12.0. The summed E-state index contributed by atoms with van der Waals surface area (Å²) in [5, 5.41) is 11.7. The van der Waals surface area contributed by atoms with E-state index in [1.807, 2.05) is 13.8 Å². The molecule has 0 spiro atoms. The number of nitrogens with two attached hydrogens (primary N) is 2. The molecule has 14 heteroatoms. The minimum Gasteiger partial charge on any atom is -0.375 e. The molecule has 1 aliphatic heterocycles. The van der Waals surface area contributed by atoms with Crippen LogP contribution < -0.4 is 32.7 Å². The van der Waals surface area contributed by atoms with Crippen molar-refractivity contribution in [3.8, 4) is 0 Å². The molecule has 3 fully saturated rings. The van der Waals surface area contributed by atoms with Crippen LogP contribution in [0.15, 0.2) is 0 Å². The second-order valence-corrected chi connectivity index (χ2v) is 15.1. The number of nitrogens with zero attached hydrogens (tertiary/aromatic N) is 2. The quantitative estimate of drug-likeness (QED) is 0.162. The van der Waals surface area contributed by atoms with Gasteiger partial charge in [-0.3, -0.25) is 28.9 Å². The van der Waals surface area contributed by atoms with Crippen molar-refractivity contribution in [2.75, 3.05) is 33.3 Å². The number of nitrogens with one attached hydrogen (secondary N) is 4.